The van der Waals surface area contributed by atoms with E-state index in [1.54, 1.807) is 0 Å². The lowest BCUT2D eigenvalue weighted by Crippen LogP contribution is -2.29. The number of carbonyl (C=O) groups is 1. The Morgan fingerprint density at radius 2 is 2.23 bits per heavy atom. The molecule has 2 aromatic heterocycles. The number of imidazole rings is 1. The van der Waals surface area contributed by atoms with Gasteiger partial charge in [0.05, 0.1) is 12.9 Å². The van der Waals surface area contributed by atoms with Crippen LogP contribution in [0, 0.1) is 0 Å². The van der Waals surface area contributed by atoms with Gasteiger partial charge in [0.1, 0.15) is 19.4 Å². The minimum atomic E-state index is -0.665. The summed E-state index contributed by atoms with van der Waals surface area (Å²) in [6, 6.07) is -0.665. The summed E-state index contributed by atoms with van der Waals surface area (Å²) in [5, 5.41) is 0. The second-order valence-corrected chi connectivity index (χ2v) is 4.33. The Balaban J connectivity index is 0.00000242. The molecule has 0 fully saturated rings. The standard InChI is InChI=1S/C11H16N6O4.ClH/c1-6(12)10(19)21-3-2-20-5-17-4-14-7-8(17)15-11(13)16-9(7)18;/h4,6H,2-3,5,12H2,1H3,(H3,13,15,16,18);1H/t6-;/m1./s1. The molecule has 11 heteroatoms. The van der Waals surface area contributed by atoms with E-state index in [4.69, 9.17) is 20.9 Å². The topological polar surface area (TPSA) is 151 Å². The number of aromatic nitrogens is 4. The van der Waals surface area contributed by atoms with E-state index in [-0.39, 0.29) is 43.8 Å². The number of nitrogens with zero attached hydrogens (tertiary/aromatic N) is 3. The summed E-state index contributed by atoms with van der Waals surface area (Å²) in [7, 11) is 0. The number of carbonyl (C=O) groups excluding carboxylic acids is 1. The first-order valence-electron chi connectivity index (χ1n) is 6.19. The van der Waals surface area contributed by atoms with Gasteiger partial charge in [-0.1, -0.05) is 0 Å². The first-order valence-corrected chi connectivity index (χ1v) is 6.19. The van der Waals surface area contributed by atoms with Gasteiger partial charge < -0.3 is 20.9 Å². The number of hydrogen-bond donors (Lipinski definition) is 3. The van der Waals surface area contributed by atoms with Crippen molar-refractivity contribution >= 4 is 35.5 Å². The number of H-pyrrole nitrogens is 1. The number of rotatable bonds is 6. The zero-order chi connectivity index (χ0) is 15.4. The highest BCUT2D eigenvalue weighted by molar-refractivity contribution is 5.85. The molecule has 2 rings (SSSR count). The van der Waals surface area contributed by atoms with Crippen LogP contribution < -0.4 is 17.0 Å². The van der Waals surface area contributed by atoms with Crippen LogP contribution in [0.3, 0.4) is 0 Å². The van der Waals surface area contributed by atoms with Crippen LogP contribution in [0.5, 0.6) is 0 Å². The average Bonchev–Trinajstić information content (AvgIpc) is 2.81. The zero-order valence-corrected chi connectivity index (χ0v) is 12.6. The van der Waals surface area contributed by atoms with E-state index in [9.17, 15) is 9.59 Å². The number of nitrogens with one attached hydrogen (secondary N) is 1. The fraction of sp³-hybridized carbons (Fsp3) is 0.455. The Hall–Kier alpha value is -2.17. The van der Waals surface area contributed by atoms with E-state index in [1.807, 2.05) is 0 Å². The number of halogens is 1. The van der Waals surface area contributed by atoms with Gasteiger partial charge in [0.15, 0.2) is 11.2 Å². The lowest BCUT2D eigenvalue weighted by atomic mass is 10.4. The van der Waals surface area contributed by atoms with E-state index in [1.165, 1.54) is 17.8 Å². The summed E-state index contributed by atoms with van der Waals surface area (Å²) in [6.45, 7) is 1.90. The fourth-order valence-corrected chi connectivity index (χ4v) is 1.56. The largest absolute Gasteiger partial charge is 0.462 e. The maximum Gasteiger partial charge on any atom is 0.322 e. The Bertz CT molecular complexity index is 697. The SMILES string of the molecule is C[C@@H](N)C(=O)OCCOCn1cnc2c(=O)[nH]c(N)nc21.Cl. The molecule has 0 spiro atoms. The van der Waals surface area contributed by atoms with Gasteiger partial charge in [-0.3, -0.25) is 19.1 Å². The van der Waals surface area contributed by atoms with Crippen molar-refractivity contribution in [2.75, 3.05) is 18.9 Å². The summed E-state index contributed by atoms with van der Waals surface area (Å²) >= 11 is 0. The smallest absolute Gasteiger partial charge is 0.322 e. The molecule has 10 nitrogen and oxygen atoms in total. The molecule has 0 bridgehead atoms. The Morgan fingerprint density at radius 3 is 2.91 bits per heavy atom. The van der Waals surface area contributed by atoms with Crippen LogP contribution >= 0.6 is 12.4 Å². The van der Waals surface area contributed by atoms with Crippen molar-refractivity contribution in [3.8, 4) is 0 Å². The number of esters is 1. The van der Waals surface area contributed by atoms with Crippen LogP contribution in [0.1, 0.15) is 6.92 Å². The normalized spacial score (nSPS) is 11.9. The summed E-state index contributed by atoms with van der Waals surface area (Å²) in [5.74, 6) is -0.493. The fourth-order valence-electron chi connectivity index (χ4n) is 1.56. The molecule has 0 unspecified atom stereocenters. The number of nitrogens with two attached hydrogens (primary N) is 2. The van der Waals surface area contributed by atoms with Crippen molar-refractivity contribution in [1.29, 1.82) is 0 Å². The maximum absolute atomic E-state index is 11.6. The van der Waals surface area contributed by atoms with Gasteiger partial charge in [0, 0.05) is 0 Å². The summed E-state index contributed by atoms with van der Waals surface area (Å²) in [6.07, 6.45) is 1.42. The number of hydrogen-bond acceptors (Lipinski definition) is 8. The van der Waals surface area contributed by atoms with Gasteiger partial charge in [0.2, 0.25) is 5.95 Å². The van der Waals surface area contributed by atoms with Crippen molar-refractivity contribution in [3.05, 3.63) is 16.7 Å². The Kier molecular flexibility index (Phi) is 6.28. The molecule has 1 atom stereocenters. The van der Waals surface area contributed by atoms with E-state index in [0.29, 0.717) is 5.65 Å². The van der Waals surface area contributed by atoms with Crippen molar-refractivity contribution in [1.82, 2.24) is 19.5 Å². The summed E-state index contributed by atoms with van der Waals surface area (Å²) in [5.41, 5.74) is 10.9. The number of nitrogen functional groups attached to an aromatic ring is 1. The Morgan fingerprint density at radius 1 is 1.50 bits per heavy atom. The van der Waals surface area contributed by atoms with Gasteiger partial charge in [-0.05, 0) is 6.92 Å². The summed E-state index contributed by atoms with van der Waals surface area (Å²) in [4.78, 5) is 32.9. The Labute approximate surface area is 131 Å². The lowest BCUT2D eigenvalue weighted by Gasteiger charge is -2.08. The van der Waals surface area contributed by atoms with Crippen LogP contribution in [0.15, 0.2) is 11.1 Å². The van der Waals surface area contributed by atoms with Crippen LogP contribution in [0.25, 0.3) is 11.2 Å². The second kappa shape index (κ2) is 7.73. The predicted molar refractivity (Wildman–Crippen MR) is 80.4 cm³/mol. The van der Waals surface area contributed by atoms with Crippen molar-refractivity contribution in [2.45, 2.75) is 19.7 Å². The third kappa shape index (κ3) is 4.16. The van der Waals surface area contributed by atoms with Gasteiger partial charge >= 0.3 is 5.97 Å². The first-order chi connectivity index (χ1) is 9.99. The molecule has 0 radical (unpaired) electrons. The molecule has 0 amide bonds. The van der Waals surface area contributed by atoms with E-state index in [0.717, 1.165) is 0 Å². The first kappa shape index (κ1) is 17.9. The molecule has 2 heterocycles. The molecule has 22 heavy (non-hydrogen) atoms. The minimum absolute atomic E-state index is 0. The van der Waals surface area contributed by atoms with E-state index < -0.39 is 17.6 Å². The number of aromatic amines is 1. The molecule has 0 aliphatic heterocycles. The lowest BCUT2D eigenvalue weighted by molar-refractivity contribution is -0.146. The van der Waals surface area contributed by atoms with Crippen LogP contribution in [-0.2, 0) is 21.0 Å². The molecular weight excluding hydrogens is 316 g/mol. The number of fused-ring (bicyclic) bond motifs is 1. The number of ether oxygens (including phenoxy) is 2. The van der Waals surface area contributed by atoms with Crippen molar-refractivity contribution in [3.63, 3.8) is 0 Å². The highest BCUT2D eigenvalue weighted by atomic mass is 35.5. The molecule has 0 aliphatic rings. The minimum Gasteiger partial charge on any atom is -0.462 e. The van der Waals surface area contributed by atoms with Crippen molar-refractivity contribution in [2.24, 2.45) is 5.73 Å². The maximum atomic E-state index is 11.6. The summed E-state index contributed by atoms with van der Waals surface area (Å²) < 4.78 is 11.7. The molecule has 5 N–H and O–H groups in total. The molecule has 0 saturated carbocycles. The third-order valence-electron chi connectivity index (χ3n) is 2.57. The molecule has 122 valence electrons. The van der Waals surface area contributed by atoms with Gasteiger partial charge in [-0.15, -0.1) is 12.4 Å². The molecule has 2 aromatic rings. The van der Waals surface area contributed by atoms with Gasteiger partial charge in [-0.25, -0.2) is 4.98 Å². The molecule has 0 aromatic carbocycles. The molecule has 0 aliphatic carbocycles. The van der Waals surface area contributed by atoms with Crippen LogP contribution in [-0.4, -0.2) is 44.7 Å². The average molecular weight is 333 g/mol. The highest BCUT2D eigenvalue weighted by Gasteiger charge is 2.10. The third-order valence-corrected chi connectivity index (χ3v) is 2.57. The van der Waals surface area contributed by atoms with Crippen molar-refractivity contribution < 1.29 is 14.3 Å². The van der Waals surface area contributed by atoms with E-state index in [2.05, 4.69) is 15.0 Å². The van der Waals surface area contributed by atoms with Gasteiger partial charge in [-0.2, -0.15) is 4.98 Å². The molecule has 0 saturated heterocycles. The van der Waals surface area contributed by atoms with Gasteiger partial charge in [0.25, 0.3) is 5.56 Å². The van der Waals surface area contributed by atoms with Crippen LogP contribution in [0.2, 0.25) is 0 Å². The predicted octanol–water partition coefficient (Wildman–Crippen LogP) is -1.01. The number of anilines is 1. The quantitative estimate of drug-likeness (QED) is 0.449. The molecular formula is C11H17ClN6O4. The highest BCUT2D eigenvalue weighted by Crippen LogP contribution is 2.06. The second-order valence-electron chi connectivity index (χ2n) is 4.33. The zero-order valence-electron chi connectivity index (χ0n) is 11.8. The van der Waals surface area contributed by atoms with Crippen LogP contribution in [0.4, 0.5) is 5.95 Å². The van der Waals surface area contributed by atoms with E-state index >= 15 is 0 Å². The monoisotopic (exact) mass is 332 g/mol.